The van der Waals surface area contributed by atoms with E-state index >= 15 is 0 Å². The summed E-state index contributed by atoms with van der Waals surface area (Å²) in [6, 6.07) is 0. The summed E-state index contributed by atoms with van der Waals surface area (Å²) in [6.45, 7) is 7.57. The fourth-order valence-corrected chi connectivity index (χ4v) is 3.18. The van der Waals surface area contributed by atoms with Gasteiger partial charge in [-0.15, -0.1) is 0 Å². The topological polar surface area (TPSA) is 60.6 Å². The van der Waals surface area contributed by atoms with Crippen LogP contribution in [0.2, 0.25) is 0 Å². The summed E-state index contributed by atoms with van der Waals surface area (Å²) in [6.07, 6.45) is 8.62. The van der Waals surface area contributed by atoms with Crippen LogP contribution >= 0.6 is 0 Å². The number of nitrogens with one attached hydrogen (secondary N) is 2. The van der Waals surface area contributed by atoms with Gasteiger partial charge in [-0.05, 0) is 31.9 Å². The Balaban J connectivity index is 1.55. The number of nitrogens with zero attached hydrogens (tertiary/aromatic N) is 3. The van der Waals surface area contributed by atoms with Gasteiger partial charge in [-0.2, -0.15) is 5.10 Å². The van der Waals surface area contributed by atoms with E-state index in [2.05, 4.69) is 38.9 Å². The van der Waals surface area contributed by atoms with Gasteiger partial charge in [0.1, 0.15) is 5.82 Å². The van der Waals surface area contributed by atoms with Gasteiger partial charge in [0.25, 0.3) is 0 Å². The van der Waals surface area contributed by atoms with E-state index in [1.807, 2.05) is 12.4 Å². The number of likely N-dealkylation sites (tertiary alicyclic amines) is 1. The molecule has 2 N–H and O–H groups in total. The van der Waals surface area contributed by atoms with Crippen LogP contribution in [0.5, 0.6) is 0 Å². The van der Waals surface area contributed by atoms with Crippen molar-refractivity contribution < 1.29 is 0 Å². The zero-order chi connectivity index (χ0) is 14.7. The minimum Gasteiger partial charge on any atom is -0.345 e. The Morgan fingerprint density at radius 3 is 3.05 bits per heavy atom. The fraction of sp³-hybridized carbons (Fsp3) is 0.625. The van der Waals surface area contributed by atoms with Crippen molar-refractivity contribution >= 4 is 0 Å². The van der Waals surface area contributed by atoms with Crippen LogP contribution in [0.4, 0.5) is 0 Å². The molecule has 1 atom stereocenters. The lowest BCUT2D eigenvalue weighted by molar-refractivity contribution is 0.322. The molecule has 1 aliphatic heterocycles. The van der Waals surface area contributed by atoms with Gasteiger partial charge in [-0.25, -0.2) is 4.98 Å². The molecule has 5 nitrogen and oxygen atoms in total. The smallest absolute Gasteiger partial charge is 0.106 e. The van der Waals surface area contributed by atoms with E-state index in [-0.39, 0.29) is 0 Å². The van der Waals surface area contributed by atoms with E-state index in [0.29, 0.717) is 5.92 Å². The molecule has 2 aromatic rings. The standard InChI is InChI=1S/C16H25N5/c1-3-4-5-15-17-9-14(19-15)11-21-7-6-13(10-21)16-12(2)8-18-20-16/h8-9,13H,3-7,10-11H2,1-2H3,(H,17,19)(H,18,20). The van der Waals surface area contributed by atoms with E-state index in [1.165, 1.54) is 36.2 Å². The van der Waals surface area contributed by atoms with Gasteiger partial charge in [0.05, 0.1) is 6.20 Å². The zero-order valence-electron chi connectivity index (χ0n) is 13.0. The van der Waals surface area contributed by atoms with Crippen LogP contribution in [0.15, 0.2) is 12.4 Å². The van der Waals surface area contributed by atoms with Gasteiger partial charge in [0.15, 0.2) is 0 Å². The molecule has 1 unspecified atom stereocenters. The van der Waals surface area contributed by atoms with Crippen molar-refractivity contribution in [3.05, 3.63) is 35.2 Å². The molecule has 2 aromatic heterocycles. The molecule has 0 aromatic carbocycles. The van der Waals surface area contributed by atoms with Crippen LogP contribution in [-0.4, -0.2) is 38.2 Å². The Morgan fingerprint density at radius 1 is 1.38 bits per heavy atom. The van der Waals surface area contributed by atoms with Gasteiger partial charge >= 0.3 is 0 Å². The highest BCUT2D eigenvalue weighted by atomic mass is 15.2. The number of aromatic amines is 2. The number of aromatic nitrogens is 4. The third-order valence-electron chi connectivity index (χ3n) is 4.39. The van der Waals surface area contributed by atoms with Crippen molar-refractivity contribution in [3.63, 3.8) is 0 Å². The second-order valence-electron chi connectivity index (χ2n) is 6.15. The van der Waals surface area contributed by atoms with Gasteiger partial charge in [-0.3, -0.25) is 10.00 Å². The molecular formula is C16H25N5. The molecule has 3 rings (SSSR count). The van der Waals surface area contributed by atoms with Crippen molar-refractivity contribution in [2.45, 2.75) is 52.0 Å². The maximum absolute atomic E-state index is 4.48. The lowest BCUT2D eigenvalue weighted by Crippen LogP contribution is -2.20. The molecule has 1 fully saturated rings. The Labute approximate surface area is 126 Å². The summed E-state index contributed by atoms with van der Waals surface area (Å²) >= 11 is 0. The van der Waals surface area contributed by atoms with E-state index in [4.69, 9.17) is 0 Å². The molecule has 21 heavy (non-hydrogen) atoms. The van der Waals surface area contributed by atoms with Crippen LogP contribution < -0.4 is 0 Å². The van der Waals surface area contributed by atoms with Crippen molar-refractivity contribution in [2.24, 2.45) is 0 Å². The number of hydrogen-bond acceptors (Lipinski definition) is 3. The molecule has 5 heteroatoms. The molecular weight excluding hydrogens is 262 g/mol. The van der Waals surface area contributed by atoms with Gasteiger partial charge in [0, 0.05) is 43.0 Å². The third kappa shape index (κ3) is 3.35. The van der Waals surface area contributed by atoms with Crippen LogP contribution in [0.3, 0.4) is 0 Å². The molecule has 0 bridgehead atoms. The first-order valence-electron chi connectivity index (χ1n) is 8.01. The van der Waals surface area contributed by atoms with Crippen molar-refractivity contribution in [3.8, 4) is 0 Å². The number of imidazole rings is 1. The molecule has 0 saturated carbocycles. The van der Waals surface area contributed by atoms with Crippen LogP contribution in [0.1, 0.15) is 54.9 Å². The SMILES string of the molecule is CCCCc1ncc(CN2CCC(c3[nH]ncc3C)C2)[nH]1. The predicted octanol–water partition coefficient (Wildman–Crippen LogP) is 2.77. The Hall–Kier alpha value is -1.62. The van der Waals surface area contributed by atoms with Crippen LogP contribution in [-0.2, 0) is 13.0 Å². The second kappa shape index (κ2) is 6.43. The highest BCUT2D eigenvalue weighted by Gasteiger charge is 2.26. The summed E-state index contributed by atoms with van der Waals surface area (Å²) in [5.74, 6) is 1.72. The highest BCUT2D eigenvalue weighted by Crippen LogP contribution is 2.28. The number of unbranched alkanes of at least 4 members (excludes halogenated alkanes) is 1. The first kappa shape index (κ1) is 14.3. The molecule has 3 heterocycles. The average Bonchev–Trinajstić information content (AvgIpc) is 3.18. The lowest BCUT2D eigenvalue weighted by Gasteiger charge is -2.14. The van der Waals surface area contributed by atoms with Crippen molar-refractivity contribution in [2.75, 3.05) is 13.1 Å². The predicted molar refractivity (Wildman–Crippen MR) is 83.2 cm³/mol. The number of rotatable bonds is 6. The summed E-state index contributed by atoms with van der Waals surface area (Å²) in [4.78, 5) is 10.4. The number of aryl methyl sites for hydroxylation is 2. The van der Waals surface area contributed by atoms with Gasteiger partial charge in [-0.1, -0.05) is 13.3 Å². The van der Waals surface area contributed by atoms with Crippen LogP contribution in [0.25, 0.3) is 0 Å². The summed E-state index contributed by atoms with van der Waals surface area (Å²) in [5.41, 5.74) is 3.83. The quantitative estimate of drug-likeness (QED) is 0.859. The normalized spacial score (nSPS) is 19.4. The lowest BCUT2D eigenvalue weighted by atomic mass is 10.0. The van der Waals surface area contributed by atoms with Crippen LogP contribution in [0, 0.1) is 6.92 Å². The fourth-order valence-electron chi connectivity index (χ4n) is 3.18. The summed E-state index contributed by atoms with van der Waals surface area (Å²) < 4.78 is 0. The molecule has 114 valence electrons. The largest absolute Gasteiger partial charge is 0.345 e. The summed E-state index contributed by atoms with van der Waals surface area (Å²) in [7, 11) is 0. The molecule has 0 radical (unpaired) electrons. The van der Waals surface area contributed by atoms with E-state index in [0.717, 1.165) is 31.9 Å². The molecule has 0 spiro atoms. The second-order valence-corrected chi connectivity index (χ2v) is 6.15. The van der Waals surface area contributed by atoms with E-state index in [1.54, 1.807) is 0 Å². The Morgan fingerprint density at radius 2 is 2.29 bits per heavy atom. The van der Waals surface area contributed by atoms with E-state index < -0.39 is 0 Å². The first-order valence-corrected chi connectivity index (χ1v) is 8.01. The maximum Gasteiger partial charge on any atom is 0.106 e. The molecule has 1 aliphatic rings. The zero-order valence-corrected chi connectivity index (χ0v) is 13.0. The number of H-pyrrole nitrogens is 2. The highest BCUT2D eigenvalue weighted by molar-refractivity contribution is 5.20. The Kier molecular flexibility index (Phi) is 4.39. The average molecular weight is 287 g/mol. The molecule has 1 saturated heterocycles. The minimum absolute atomic E-state index is 0.593. The maximum atomic E-state index is 4.48. The first-order chi connectivity index (χ1) is 10.3. The van der Waals surface area contributed by atoms with Crippen molar-refractivity contribution in [1.82, 2.24) is 25.1 Å². The number of hydrogen-bond donors (Lipinski definition) is 2. The van der Waals surface area contributed by atoms with E-state index in [9.17, 15) is 0 Å². The third-order valence-corrected chi connectivity index (χ3v) is 4.39. The van der Waals surface area contributed by atoms with Crippen molar-refractivity contribution in [1.29, 1.82) is 0 Å². The molecule has 0 aliphatic carbocycles. The monoisotopic (exact) mass is 287 g/mol. The summed E-state index contributed by atoms with van der Waals surface area (Å²) in [5, 5.41) is 7.31. The molecule has 0 amide bonds. The Bertz CT molecular complexity index is 571. The van der Waals surface area contributed by atoms with Gasteiger partial charge in [0.2, 0.25) is 0 Å². The minimum atomic E-state index is 0.593. The van der Waals surface area contributed by atoms with Gasteiger partial charge < -0.3 is 4.98 Å².